The lowest BCUT2D eigenvalue weighted by atomic mass is 10.1. The van der Waals surface area contributed by atoms with Crippen LogP contribution in [-0.4, -0.2) is 21.5 Å². The van der Waals surface area contributed by atoms with Crippen molar-refractivity contribution in [1.82, 2.24) is 9.97 Å². The molecule has 0 aliphatic heterocycles. The summed E-state index contributed by atoms with van der Waals surface area (Å²) >= 11 is 0. The molecule has 8 nitrogen and oxygen atoms in total. The zero-order valence-electron chi connectivity index (χ0n) is 13.1. The minimum atomic E-state index is -2.91. The molecular formula is C16H12F2N4O4. The summed E-state index contributed by atoms with van der Waals surface area (Å²) in [7, 11) is 0. The number of aromatic amines is 1. The van der Waals surface area contributed by atoms with Crippen LogP contribution in [0.5, 0.6) is 5.75 Å². The Kier molecular flexibility index (Phi) is 4.74. The molecule has 0 aliphatic rings. The number of anilines is 1. The first-order valence-corrected chi connectivity index (χ1v) is 7.37. The largest absolute Gasteiger partial charge is 0.435 e. The van der Waals surface area contributed by atoms with Crippen LogP contribution in [0.2, 0.25) is 0 Å². The van der Waals surface area contributed by atoms with Gasteiger partial charge in [0.15, 0.2) is 0 Å². The molecule has 0 fully saturated rings. The first-order valence-electron chi connectivity index (χ1n) is 7.37. The van der Waals surface area contributed by atoms with Crippen LogP contribution >= 0.6 is 0 Å². The smallest absolute Gasteiger partial charge is 0.387 e. The molecule has 0 saturated carbocycles. The van der Waals surface area contributed by atoms with E-state index in [4.69, 9.17) is 0 Å². The molecule has 0 radical (unpaired) electrons. The number of hydrogen-bond acceptors (Lipinski definition) is 6. The maximum Gasteiger partial charge on any atom is 0.387 e. The number of nitro benzene ring substituents is 1. The van der Waals surface area contributed by atoms with E-state index in [9.17, 15) is 23.7 Å². The summed E-state index contributed by atoms with van der Waals surface area (Å²) in [6, 6.07) is 8.43. The van der Waals surface area contributed by atoms with E-state index in [1.165, 1.54) is 24.5 Å². The number of aromatic nitrogens is 2. The standard InChI is InChI=1S/C16H12F2N4O4/c17-16(18)26-10-3-1-9(2-4-10)7-19-13-6-12-11(5-14(13)22(24)25)15(23)21-8-20-12/h1-6,8,16,19H,7H2,(H,20,21,23). The third-order valence-corrected chi connectivity index (χ3v) is 3.59. The second-order valence-corrected chi connectivity index (χ2v) is 5.25. The van der Waals surface area contributed by atoms with Crippen LogP contribution in [0.25, 0.3) is 10.9 Å². The number of nitrogens with zero attached hydrogens (tertiary/aromatic N) is 2. The molecule has 1 heterocycles. The van der Waals surface area contributed by atoms with Crippen LogP contribution in [0, 0.1) is 10.1 Å². The first kappa shape index (κ1) is 17.3. The molecule has 0 saturated heterocycles. The maximum atomic E-state index is 12.1. The van der Waals surface area contributed by atoms with Gasteiger partial charge in [0.1, 0.15) is 11.4 Å². The van der Waals surface area contributed by atoms with Crippen LogP contribution < -0.4 is 15.6 Å². The van der Waals surface area contributed by atoms with Gasteiger partial charge < -0.3 is 15.0 Å². The highest BCUT2D eigenvalue weighted by Crippen LogP contribution is 2.28. The summed E-state index contributed by atoms with van der Waals surface area (Å²) in [5.74, 6) is 0.0175. The number of alkyl halides is 2. The quantitative estimate of drug-likeness (QED) is 0.515. The van der Waals surface area contributed by atoms with Crippen molar-refractivity contribution in [2.75, 3.05) is 5.32 Å². The summed E-state index contributed by atoms with van der Waals surface area (Å²) < 4.78 is 28.5. The molecule has 0 atom stereocenters. The first-order chi connectivity index (χ1) is 12.4. The second-order valence-electron chi connectivity index (χ2n) is 5.25. The van der Waals surface area contributed by atoms with Crippen LogP contribution in [-0.2, 0) is 6.54 Å². The van der Waals surface area contributed by atoms with Gasteiger partial charge >= 0.3 is 6.61 Å². The summed E-state index contributed by atoms with van der Waals surface area (Å²) in [6.45, 7) is -2.71. The van der Waals surface area contributed by atoms with Crippen molar-refractivity contribution in [2.24, 2.45) is 0 Å². The van der Waals surface area contributed by atoms with Gasteiger partial charge in [-0.2, -0.15) is 8.78 Å². The molecule has 2 aromatic carbocycles. The molecule has 3 rings (SSSR count). The fourth-order valence-corrected chi connectivity index (χ4v) is 2.38. The highest BCUT2D eigenvalue weighted by Gasteiger charge is 2.17. The van der Waals surface area contributed by atoms with Crippen LogP contribution in [0.15, 0.2) is 47.5 Å². The lowest BCUT2D eigenvalue weighted by Gasteiger charge is -2.09. The molecule has 1 aromatic heterocycles. The van der Waals surface area contributed by atoms with Gasteiger partial charge in [-0.1, -0.05) is 12.1 Å². The average molecular weight is 362 g/mol. The van der Waals surface area contributed by atoms with Crippen LogP contribution in [0.3, 0.4) is 0 Å². The normalized spacial score (nSPS) is 10.9. The molecule has 3 aromatic rings. The second kappa shape index (κ2) is 7.13. The number of nitro groups is 1. The van der Waals surface area contributed by atoms with Gasteiger partial charge in [-0.25, -0.2) is 4.98 Å². The van der Waals surface area contributed by atoms with Gasteiger partial charge in [0.2, 0.25) is 0 Å². The third kappa shape index (κ3) is 3.74. The number of ether oxygens (including phenoxy) is 1. The summed E-state index contributed by atoms with van der Waals surface area (Å²) in [5, 5.41) is 14.3. The third-order valence-electron chi connectivity index (χ3n) is 3.59. The van der Waals surface area contributed by atoms with Gasteiger partial charge in [-0.05, 0) is 23.8 Å². The maximum absolute atomic E-state index is 12.1. The van der Waals surface area contributed by atoms with E-state index in [1.54, 1.807) is 12.1 Å². The Morgan fingerprint density at radius 2 is 2.00 bits per heavy atom. The Balaban J connectivity index is 1.85. The van der Waals surface area contributed by atoms with Crippen molar-refractivity contribution in [3.8, 4) is 5.75 Å². The van der Waals surface area contributed by atoms with Gasteiger partial charge in [0, 0.05) is 12.6 Å². The topological polar surface area (TPSA) is 110 Å². The molecule has 26 heavy (non-hydrogen) atoms. The summed E-state index contributed by atoms with van der Waals surface area (Å²) in [5.41, 5.74) is 0.448. The van der Waals surface area contributed by atoms with Crippen LogP contribution in [0.1, 0.15) is 5.56 Å². The summed E-state index contributed by atoms with van der Waals surface area (Å²) in [4.78, 5) is 28.8. The predicted octanol–water partition coefficient (Wildman–Crippen LogP) is 3.04. The van der Waals surface area contributed by atoms with Crippen molar-refractivity contribution in [1.29, 1.82) is 0 Å². The van der Waals surface area contributed by atoms with Crippen molar-refractivity contribution in [2.45, 2.75) is 13.2 Å². The fraction of sp³-hybridized carbons (Fsp3) is 0.125. The van der Waals surface area contributed by atoms with Gasteiger partial charge in [0.05, 0.1) is 22.2 Å². The predicted molar refractivity (Wildman–Crippen MR) is 89.4 cm³/mol. The monoisotopic (exact) mass is 362 g/mol. The zero-order valence-corrected chi connectivity index (χ0v) is 13.1. The number of hydrogen-bond donors (Lipinski definition) is 2. The number of H-pyrrole nitrogens is 1. The minimum Gasteiger partial charge on any atom is -0.435 e. The molecule has 0 spiro atoms. The van der Waals surface area contributed by atoms with Crippen LogP contribution in [0.4, 0.5) is 20.2 Å². The van der Waals surface area contributed by atoms with E-state index in [0.717, 1.165) is 6.07 Å². The van der Waals surface area contributed by atoms with Gasteiger partial charge in [-0.15, -0.1) is 0 Å². The Morgan fingerprint density at radius 3 is 2.65 bits per heavy atom. The fourth-order valence-electron chi connectivity index (χ4n) is 2.38. The molecule has 0 unspecified atom stereocenters. The number of benzene rings is 2. The van der Waals surface area contributed by atoms with Gasteiger partial charge in [-0.3, -0.25) is 14.9 Å². The highest BCUT2D eigenvalue weighted by molar-refractivity contribution is 5.86. The molecule has 0 aliphatic carbocycles. The average Bonchev–Trinajstić information content (AvgIpc) is 2.60. The molecular weight excluding hydrogens is 350 g/mol. The van der Waals surface area contributed by atoms with Crippen molar-refractivity contribution >= 4 is 22.3 Å². The number of rotatable bonds is 6. The van der Waals surface area contributed by atoms with Crippen molar-refractivity contribution < 1.29 is 18.4 Å². The lowest BCUT2D eigenvalue weighted by Crippen LogP contribution is -2.09. The SMILES string of the molecule is O=c1[nH]cnc2cc(NCc3ccc(OC(F)F)cc3)c([N+](=O)[O-])cc12. The van der Waals surface area contributed by atoms with E-state index in [-0.39, 0.29) is 29.1 Å². The Morgan fingerprint density at radius 1 is 1.27 bits per heavy atom. The van der Waals surface area contributed by atoms with E-state index >= 15 is 0 Å². The summed E-state index contributed by atoms with van der Waals surface area (Å²) in [6.07, 6.45) is 1.21. The van der Waals surface area contributed by atoms with E-state index in [2.05, 4.69) is 20.0 Å². The molecule has 0 amide bonds. The Labute approximate surface area is 144 Å². The minimum absolute atomic E-state index is 0.0175. The molecule has 2 N–H and O–H groups in total. The zero-order chi connectivity index (χ0) is 18.7. The van der Waals surface area contributed by atoms with Crippen molar-refractivity contribution in [3.05, 3.63) is 68.8 Å². The van der Waals surface area contributed by atoms with Gasteiger partial charge in [0.25, 0.3) is 11.2 Å². The van der Waals surface area contributed by atoms with Crippen molar-refractivity contribution in [3.63, 3.8) is 0 Å². The number of fused-ring (bicyclic) bond motifs is 1. The highest BCUT2D eigenvalue weighted by atomic mass is 19.3. The molecule has 134 valence electrons. The molecule has 10 heteroatoms. The Bertz CT molecular complexity index is 1010. The Hall–Kier alpha value is -3.56. The van der Waals surface area contributed by atoms with E-state index in [1.807, 2.05) is 0 Å². The number of halogens is 2. The van der Waals surface area contributed by atoms with E-state index < -0.39 is 17.1 Å². The molecule has 0 bridgehead atoms. The lowest BCUT2D eigenvalue weighted by molar-refractivity contribution is -0.383. The number of nitrogens with one attached hydrogen (secondary N) is 2. The van der Waals surface area contributed by atoms with E-state index in [0.29, 0.717) is 11.1 Å².